The Hall–Kier alpha value is -4.27. The van der Waals surface area contributed by atoms with E-state index in [0.29, 0.717) is 41.3 Å². The van der Waals surface area contributed by atoms with Crippen molar-refractivity contribution in [3.63, 3.8) is 0 Å². The predicted octanol–water partition coefficient (Wildman–Crippen LogP) is 3.42. The molecule has 1 saturated heterocycles. The molecule has 1 aliphatic heterocycles. The van der Waals surface area contributed by atoms with E-state index in [1.165, 1.54) is 26.2 Å². The first kappa shape index (κ1) is 23.9. The number of rotatable bonds is 9. The molecule has 2 heterocycles. The maximum atomic E-state index is 13.3. The molecule has 0 bridgehead atoms. The number of hydrogen-bond donors (Lipinski definition) is 1. The highest BCUT2D eigenvalue weighted by Crippen LogP contribution is 2.45. The first-order chi connectivity index (χ1) is 17.0. The summed E-state index contributed by atoms with van der Waals surface area (Å²) in [7, 11) is 4.52. The molecule has 1 aliphatic rings. The Morgan fingerprint density at radius 3 is 2.51 bits per heavy atom. The van der Waals surface area contributed by atoms with Gasteiger partial charge >= 0.3 is 0 Å². The van der Waals surface area contributed by atoms with Crippen LogP contribution in [-0.4, -0.2) is 59.1 Å². The summed E-state index contributed by atoms with van der Waals surface area (Å²) in [6.07, 6.45) is 5.78. The van der Waals surface area contributed by atoms with E-state index in [2.05, 4.69) is 4.98 Å². The Kier molecular flexibility index (Phi) is 7.05. The number of aromatic nitrogens is 2. The van der Waals surface area contributed by atoms with E-state index in [1.807, 2.05) is 10.8 Å². The van der Waals surface area contributed by atoms with E-state index < -0.39 is 17.7 Å². The number of imidazole rings is 1. The van der Waals surface area contributed by atoms with Gasteiger partial charge in [-0.2, -0.15) is 0 Å². The Morgan fingerprint density at radius 1 is 1.03 bits per heavy atom. The third-order valence-corrected chi connectivity index (χ3v) is 5.99. The van der Waals surface area contributed by atoms with Crippen molar-refractivity contribution in [3.8, 4) is 17.2 Å². The van der Waals surface area contributed by atoms with E-state index in [1.54, 1.807) is 55.0 Å². The van der Waals surface area contributed by atoms with Crippen LogP contribution in [-0.2, 0) is 16.1 Å². The van der Waals surface area contributed by atoms with Crippen molar-refractivity contribution in [2.24, 2.45) is 0 Å². The normalized spacial score (nSPS) is 17.0. The van der Waals surface area contributed by atoms with E-state index in [-0.39, 0.29) is 17.9 Å². The number of benzene rings is 2. The van der Waals surface area contributed by atoms with Crippen LogP contribution in [0.2, 0.25) is 0 Å². The maximum absolute atomic E-state index is 13.3. The van der Waals surface area contributed by atoms with E-state index in [4.69, 9.17) is 14.2 Å². The zero-order valence-corrected chi connectivity index (χ0v) is 19.8. The summed E-state index contributed by atoms with van der Waals surface area (Å²) in [5, 5.41) is 11.3. The second-order valence-corrected chi connectivity index (χ2v) is 7.96. The van der Waals surface area contributed by atoms with E-state index in [9.17, 15) is 14.7 Å². The number of aliphatic hydroxyl groups is 1. The molecule has 9 heteroatoms. The van der Waals surface area contributed by atoms with Gasteiger partial charge in [0.25, 0.3) is 11.7 Å². The number of ether oxygens (including phenoxy) is 3. The van der Waals surface area contributed by atoms with Crippen LogP contribution in [0, 0.1) is 0 Å². The Morgan fingerprint density at radius 2 is 1.83 bits per heavy atom. The highest BCUT2D eigenvalue weighted by atomic mass is 16.5. The molecule has 0 spiro atoms. The SMILES string of the molecule is COc1cccc(C(O)=C2C(=O)C(=O)N(CCCn3ccnc3)C2c2cccc(OC)c2OC)c1. The van der Waals surface area contributed by atoms with Crippen LogP contribution < -0.4 is 14.2 Å². The van der Waals surface area contributed by atoms with Crippen LogP contribution >= 0.6 is 0 Å². The molecule has 1 atom stereocenters. The fraction of sp³-hybridized carbons (Fsp3) is 0.269. The summed E-state index contributed by atoms with van der Waals surface area (Å²) < 4.78 is 18.2. The summed E-state index contributed by atoms with van der Waals surface area (Å²) in [6.45, 7) is 0.892. The molecule has 0 aliphatic carbocycles. The van der Waals surface area contributed by atoms with Gasteiger partial charge in [0.05, 0.1) is 39.3 Å². The fourth-order valence-electron chi connectivity index (χ4n) is 4.33. The van der Waals surface area contributed by atoms with Crippen LogP contribution in [0.5, 0.6) is 17.2 Å². The standard InChI is InChI=1S/C26H27N3O6/c1-33-18-8-4-7-17(15-18)23(30)21-22(19-9-5-10-20(34-2)25(19)35-3)29(26(32)24(21)31)13-6-12-28-14-11-27-16-28/h4-5,7-11,14-16,22,30H,6,12-13H2,1-3H3. The third-order valence-electron chi connectivity index (χ3n) is 5.99. The van der Waals surface area contributed by atoms with Crippen LogP contribution in [0.1, 0.15) is 23.6 Å². The smallest absolute Gasteiger partial charge is 0.295 e. The molecule has 182 valence electrons. The lowest BCUT2D eigenvalue weighted by Crippen LogP contribution is -2.31. The minimum Gasteiger partial charge on any atom is -0.507 e. The van der Waals surface area contributed by atoms with Crippen molar-refractivity contribution >= 4 is 17.4 Å². The summed E-state index contributed by atoms with van der Waals surface area (Å²) in [4.78, 5) is 32.0. The minimum atomic E-state index is -0.867. The Bertz CT molecular complexity index is 1250. The van der Waals surface area contributed by atoms with E-state index in [0.717, 1.165) is 0 Å². The van der Waals surface area contributed by atoms with Crippen molar-refractivity contribution < 1.29 is 28.9 Å². The van der Waals surface area contributed by atoms with Gasteiger partial charge in [-0.3, -0.25) is 9.59 Å². The highest BCUT2D eigenvalue weighted by Gasteiger charge is 2.47. The van der Waals surface area contributed by atoms with Gasteiger partial charge in [0.1, 0.15) is 11.5 Å². The Labute approximate surface area is 203 Å². The molecule has 2 aromatic carbocycles. The lowest BCUT2D eigenvalue weighted by molar-refractivity contribution is -0.140. The van der Waals surface area contributed by atoms with Gasteiger partial charge in [0, 0.05) is 36.6 Å². The van der Waals surface area contributed by atoms with Gasteiger partial charge in [-0.1, -0.05) is 24.3 Å². The van der Waals surface area contributed by atoms with Crippen LogP contribution in [0.25, 0.3) is 5.76 Å². The van der Waals surface area contributed by atoms with Gasteiger partial charge in [0.2, 0.25) is 0 Å². The average molecular weight is 478 g/mol. The van der Waals surface area contributed by atoms with Crippen molar-refractivity contribution in [2.75, 3.05) is 27.9 Å². The average Bonchev–Trinajstić information content (AvgIpc) is 3.50. The predicted molar refractivity (Wildman–Crippen MR) is 128 cm³/mol. The number of carbonyl (C=O) groups excluding carboxylic acids is 2. The van der Waals surface area contributed by atoms with Crippen LogP contribution in [0.15, 0.2) is 66.8 Å². The highest BCUT2D eigenvalue weighted by molar-refractivity contribution is 6.46. The number of carbonyl (C=O) groups is 2. The summed E-state index contributed by atoms with van der Waals surface area (Å²) in [6, 6.07) is 11.1. The molecule has 1 aromatic heterocycles. The topological polar surface area (TPSA) is 103 Å². The number of aliphatic hydroxyl groups excluding tert-OH is 1. The lowest BCUT2D eigenvalue weighted by atomic mass is 9.94. The number of nitrogens with zero attached hydrogens (tertiary/aromatic N) is 3. The number of aryl methyl sites for hydroxylation is 1. The fourth-order valence-corrected chi connectivity index (χ4v) is 4.33. The van der Waals surface area contributed by atoms with Crippen molar-refractivity contribution in [1.82, 2.24) is 14.5 Å². The zero-order chi connectivity index (χ0) is 24.9. The molecular formula is C26H27N3O6. The number of amides is 1. The van der Waals surface area contributed by atoms with Crippen molar-refractivity contribution in [1.29, 1.82) is 0 Å². The van der Waals surface area contributed by atoms with Crippen LogP contribution in [0.4, 0.5) is 0 Å². The van der Waals surface area contributed by atoms with Gasteiger partial charge in [-0.05, 0) is 24.6 Å². The number of para-hydroxylation sites is 1. The molecule has 1 amide bonds. The summed E-state index contributed by atoms with van der Waals surface area (Å²) in [5.41, 5.74) is 0.892. The number of likely N-dealkylation sites (tertiary alicyclic amines) is 1. The van der Waals surface area contributed by atoms with Crippen molar-refractivity contribution in [2.45, 2.75) is 19.0 Å². The van der Waals surface area contributed by atoms with Crippen LogP contribution in [0.3, 0.4) is 0 Å². The molecule has 4 rings (SSSR count). The second kappa shape index (κ2) is 10.3. The maximum Gasteiger partial charge on any atom is 0.295 e. The first-order valence-corrected chi connectivity index (χ1v) is 11.1. The molecule has 3 aromatic rings. The largest absolute Gasteiger partial charge is 0.507 e. The monoisotopic (exact) mass is 477 g/mol. The molecular weight excluding hydrogens is 450 g/mol. The van der Waals surface area contributed by atoms with Gasteiger partial charge < -0.3 is 28.8 Å². The number of methoxy groups -OCH3 is 3. The van der Waals surface area contributed by atoms with Crippen molar-refractivity contribution in [3.05, 3.63) is 77.9 Å². The minimum absolute atomic E-state index is 0.0163. The summed E-state index contributed by atoms with van der Waals surface area (Å²) >= 11 is 0. The summed E-state index contributed by atoms with van der Waals surface area (Å²) in [5.74, 6) is -0.375. The molecule has 0 radical (unpaired) electrons. The second-order valence-electron chi connectivity index (χ2n) is 7.96. The molecule has 1 unspecified atom stereocenters. The molecule has 9 nitrogen and oxygen atoms in total. The molecule has 35 heavy (non-hydrogen) atoms. The first-order valence-electron chi connectivity index (χ1n) is 11.1. The quantitative estimate of drug-likeness (QED) is 0.286. The molecule has 0 saturated carbocycles. The lowest BCUT2D eigenvalue weighted by Gasteiger charge is -2.27. The van der Waals surface area contributed by atoms with Gasteiger partial charge in [0.15, 0.2) is 11.5 Å². The van der Waals surface area contributed by atoms with E-state index >= 15 is 0 Å². The number of hydrogen-bond acceptors (Lipinski definition) is 7. The van der Waals surface area contributed by atoms with Gasteiger partial charge in [-0.25, -0.2) is 4.98 Å². The van der Waals surface area contributed by atoms with Gasteiger partial charge in [-0.15, -0.1) is 0 Å². The number of ketones is 1. The zero-order valence-electron chi connectivity index (χ0n) is 19.8. The third kappa shape index (κ3) is 4.57. The Balaban J connectivity index is 1.82. The molecule has 1 fully saturated rings. The number of Topliss-reactive ketones (excluding diaryl/α,β-unsaturated/α-hetero) is 1. The molecule has 1 N–H and O–H groups in total.